The smallest absolute Gasteiger partial charge is 0.407 e. The predicted octanol–water partition coefficient (Wildman–Crippen LogP) is 2.59. The third-order valence-corrected chi connectivity index (χ3v) is 2.41. The first-order chi connectivity index (χ1) is 9.80. The van der Waals surface area contributed by atoms with E-state index in [1.165, 1.54) is 0 Å². The summed E-state index contributed by atoms with van der Waals surface area (Å²) in [6, 6.07) is 5.53. The fourth-order valence-corrected chi connectivity index (χ4v) is 1.63. The predicted molar refractivity (Wildman–Crippen MR) is 81.0 cm³/mol. The number of rotatable bonds is 5. The first kappa shape index (κ1) is 16.8. The molecule has 1 aromatic rings. The van der Waals surface area contributed by atoms with Gasteiger partial charge in [0.05, 0.1) is 11.6 Å². The van der Waals surface area contributed by atoms with Crippen LogP contribution in [0.4, 0.5) is 10.6 Å². The highest BCUT2D eigenvalue weighted by atomic mass is 16.6. The molecule has 1 aromatic heterocycles. The number of hydrogen-bond acceptors (Lipinski definition) is 5. The van der Waals surface area contributed by atoms with E-state index in [2.05, 4.69) is 21.7 Å². The van der Waals surface area contributed by atoms with Crippen LogP contribution in [0, 0.1) is 18.3 Å². The molecule has 0 unspecified atom stereocenters. The van der Waals surface area contributed by atoms with Crippen molar-refractivity contribution >= 4 is 11.9 Å². The zero-order valence-corrected chi connectivity index (χ0v) is 13.0. The minimum atomic E-state index is -0.485. The molecule has 114 valence electrons. The summed E-state index contributed by atoms with van der Waals surface area (Å²) in [5.74, 6) is 0.670. The highest BCUT2D eigenvalue weighted by Crippen LogP contribution is 2.09. The fraction of sp³-hybridized carbons (Fsp3) is 0.533. The quantitative estimate of drug-likeness (QED) is 0.814. The molecule has 0 aliphatic rings. The van der Waals surface area contributed by atoms with Crippen molar-refractivity contribution in [1.29, 1.82) is 5.26 Å². The summed E-state index contributed by atoms with van der Waals surface area (Å²) < 4.78 is 5.13. The van der Waals surface area contributed by atoms with E-state index in [-0.39, 0.29) is 0 Å². The lowest BCUT2D eigenvalue weighted by Crippen LogP contribution is -2.33. The highest BCUT2D eigenvalue weighted by Gasteiger charge is 2.15. The average Bonchev–Trinajstić information content (AvgIpc) is 2.35. The Morgan fingerprint density at radius 3 is 2.71 bits per heavy atom. The van der Waals surface area contributed by atoms with Gasteiger partial charge < -0.3 is 15.4 Å². The first-order valence-corrected chi connectivity index (χ1v) is 6.90. The number of alkyl carbamates (subject to hydrolysis) is 1. The van der Waals surface area contributed by atoms with Crippen molar-refractivity contribution in [1.82, 2.24) is 10.3 Å². The van der Waals surface area contributed by atoms with Crippen molar-refractivity contribution in [2.24, 2.45) is 0 Å². The van der Waals surface area contributed by atoms with Crippen molar-refractivity contribution in [3.63, 3.8) is 0 Å². The monoisotopic (exact) mass is 290 g/mol. The van der Waals surface area contributed by atoms with Gasteiger partial charge in [0.25, 0.3) is 0 Å². The second-order valence-corrected chi connectivity index (χ2v) is 5.70. The van der Waals surface area contributed by atoms with Crippen LogP contribution >= 0.6 is 0 Å². The Morgan fingerprint density at radius 2 is 2.10 bits per heavy atom. The number of carbonyl (C=O) groups excluding carboxylic acids is 1. The van der Waals surface area contributed by atoms with Crippen LogP contribution in [0.25, 0.3) is 0 Å². The Kier molecular flexibility index (Phi) is 5.97. The van der Waals surface area contributed by atoms with Crippen LogP contribution in [0.1, 0.15) is 38.4 Å². The summed E-state index contributed by atoms with van der Waals surface area (Å²) in [6.45, 7) is 8.48. The van der Waals surface area contributed by atoms with Crippen molar-refractivity contribution in [3.8, 4) is 6.07 Å². The van der Waals surface area contributed by atoms with E-state index in [0.717, 1.165) is 12.1 Å². The lowest BCUT2D eigenvalue weighted by molar-refractivity contribution is 0.0528. The summed E-state index contributed by atoms with van der Waals surface area (Å²) in [7, 11) is 0. The van der Waals surface area contributed by atoms with Gasteiger partial charge in [0.1, 0.15) is 11.4 Å². The number of nitrogens with zero attached hydrogens (tertiary/aromatic N) is 2. The molecule has 0 aliphatic heterocycles. The lowest BCUT2D eigenvalue weighted by atomic mass is 10.2. The maximum atomic E-state index is 11.4. The van der Waals surface area contributed by atoms with Gasteiger partial charge >= 0.3 is 6.09 Å². The maximum Gasteiger partial charge on any atom is 0.407 e. The van der Waals surface area contributed by atoms with E-state index in [9.17, 15) is 4.79 Å². The zero-order valence-electron chi connectivity index (χ0n) is 13.0. The number of nitrogens with one attached hydrogen (secondary N) is 2. The van der Waals surface area contributed by atoms with E-state index >= 15 is 0 Å². The van der Waals surface area contributed by atoms with Crippen molar-refractivity contribution in [3.05, 3.63) is 23.4 Å². The normalized spacial score (nSPS) is 10.6. The van der Waals surface area contributed by atoms with Crippen LogP contribution in [0.5, 0.6) is 0 Å². The molecule has 6 heteroatoms. The number of aryl methyl sites for hydroxylation is 1. The molecule has 1 heterocycles. The number of pyridine rings is 1. The van der Waals surface area contributed by atoms with Gasteiger partial charge in [-0.2, -0.15) is 5.26 Å². The molecule has 0 atom stereocenters. The van der Waals surface area contributed by atoms with Crippen molar-refractivity contribution < 1.29 is 9.53 Å². The summed E-state index contributed by atoms with van der Waals surface area (Å²) >= 11 is 0. The van der Waals surface area contributed by atoms with Gasteiger partial charge in [-0.25, -0.2) is 9.78 Å². The van der Waals surface area contributed by atoms with E-state index < -0.39 is 11.7 Å². The van der Waals surface area contributed by atoms with Crippen LogP contribution in [-0.2, 0) is 4.74 Å². The van der Waals surface area contributed by atoms with Gasteiger partial charge in [0.2, 0.25) is 0 Å². The van der Waals surface area contributed by atoms with Gasteiger partial charge in [-0.3, -0.25) is 0 Å². The van der Waals surface area contributed by atoms with Crippen LogP contribution in [-0.4, -0.2) is 29.8 Å². The van der Waals surface area contributed by atoms with Gasteiger partial charge in [-0.1, -0.05) is 0 Å². The minimum absolute atomic E-state index is 0.414. The molecular weight excluding hydrogens is 268 g/mol. The van der Waals surface area contributed by atoms with Gasteiger partial charge in [0, 0.05) is 18.8 Å². The third-order valence-electron chi connectivity index (χ3n) is 2.41. The number of carbonyl (C=O) groups is 1. The van der Waals surface area contributed by atoms with Crippen LogP contribution in [0.15, 0.2) is 12.1 Å². The topological polar surface area (TPSA) is 87.0 Å². The Balaban J connectivity index is 2.28. The first-order valence-electron chi connectivity index (χ1n) is 6.90. The molecular formula is C15H22N4O2. The molecule has 21 heavy (non-hydrogen) atoms. The Hall–Kier alpha value is -2.29. The summed E-state index contributed by atoms with van der Waals surface area (Å²) in [4.78, 5) is 15.7. The molecule has 0 radical (unpaired) electrons. The van der Waals surface area contributed by atoms with E-state index in [4.69, 9.17) is 10.00 Å². The van der Waals surface area contributed by atoms with Gasteiger partial charge in [0.15, 0.2) is 0 Å². The number of nitriles is 1. The molecule has 0 spiro atoms. The number of aromatic nitrogens is 1. The van der Waals surface area contributed by atoms with Crippen molar-refractivity contribution in [2.75, 3.05) is 18.4 Å². The Morgan fingerprint density at radius 1 is 1.38 bits per heavy atom. The largest absolute Gasteiger partial charge is 0.444 e. The summed E-state index contributed by atoms with van der Waals surface area (Å²) in [5.41, 5.74) is 0.891. The number of ether oxygens (including phenoxy) is 1. The van der Waals surface area contributed by atoms with Crippen molar-refractivity contribution in [2.45, 2.75) is 39.7 Å². The van der Waals surface area contributed by atoms with Crippen LogP contribution in [0.2, 0.25) is 0 Å². The third kappa shape index (κ3) is 7.16. The van der Waals surface area contributed by atoms with Gasteiger partial charge in [-0.05, 0) is 46.2 Å². The number of amides is 1. The van der Waals surface area contributed by atoms with Gasteiger partial charge in [-0.15, -0.1) is 0 Å². The van der Waals surface area contributed by atoms with Crippen LogP contribution in [0.3, 0.4) is 0 Å². The van der Waals surface area contributed by atoms with Crippen LogP contribution < -0.4 is 10.6 Å². The molecule has 2 N–H and O–H groups in total. The second kappa shape index (κ2) is 7.48. The average molecular weight is 290 g/mol. The number of anilines is 1. The fourth-order valence-electron chi connectivity index (χ4n) is 1.63. The van der Waals surface area contributed by atoms with E-state index in [0.29, 0.717) is 24.5 Å². The summed E-state index contributed by atoms with van der Waals surface area (Å²) in [5, 5.41) is 14.7. The molecule has 1 amide bonds. The highest BCUT2D eigenvalue weighted by molar-refractivity contribution is 5.67. The molecule has 0 fully saturated rings. The molecule has 6 nitrogen and oxygen atoms in total. The second-order valence-electron chi connectivity index (χ2n) is 5.70. The van der Waals surface area contributed by atoms with E-state index in [1.807, 2.05) is 27.7 Å². The minimum Gasteiger partial charge on any atom is -0.444 e. The Labute approximate surface area is 125 Å². The zero-order chi connectivity index (χ0) is 15.9. The molecule has 1 rings (SSSR count). The molecule has 0 saturated carbocycles. The Bertz CT molecular complexity index is 529. The molecule has 0 aromatic carbocycles. The standard InChI is InChI=1S/C15H22N4O2/c1-11-8-12(10-16)9-13(19-11)17-6-5-7-18-14(20)21-15(2,3)4/h8-9H,5-7H2,1-4H3,(H,17,19)(H,18,20). The molecule has 0 aliphatic carbocycles. The number of hydrogen-bond donors (Lipinski definition) is 2. The SMILES string of the molecule is Cc1cc(C#N)cc(NCCCNC(=O)OC(C)(C)C)n1. The molecule has 0 bridgehead atoms. The summed E-state index contributed by atoms with van der Waals surface area (Å²) in [6.07, 6.45) is 0.319. The lowest BCUT2D eigenvalue weighted by Gasteiger charge is -2.19. The molecule has 0 saturated heterocycles. The maximum absolute atomic E-state index is 11.4. The van der Waals surface area contributed by atoms with E-state index in [1.54, 1.807) is 12.1 Å².